The van der Waals surface area contributed by atoms with Crippen molar-refractivity contribution in [1.82, 2.24) is 4.98 Å². The van der Waals surface area contributed by atoms with Gasteiger partial charge in [0, 0.05) is 18.2 Å². The molecule has 2 N–H and O–H groups in total. The van der Waals surface area contributed by atoms with Gasteiger partial charge >= 0.3 is 11.3 Å². The Bertz CT molecular complexity index is 1170. The summed E-state index contributed by atoms with van der Waals surface area (Å²) in [5.41, 5.74) is 2.58. The zero-order chi connectivity index (χ0) is 20.8. The fourth-order valence-electron chi connectivity index (χ4n) is 3.94. The number of benzene rings is 1. The van der Waals surface area contributed by atoms with Crippen LogP contribution in [0.2, 0.25) is 0 Å². The van der Waals surface area contributed by atoms with E-state index in [0.29, 0.717) is 39.6 Å². The molecular weight excluding hydrogens is 406 g/mol. The van der Waals surface area contributed by atoms with Crippen LogP contribution >= 0.6 is 10.5 Å². The maximum Gasteiger partial charge on any atom is 0.554 e. The first kappa shape index (κ1) is 18.8. The van der Waals surface area contributed by atoms with Crippen molar-refractivity contribution in [3.8, 4) is 5.75 Å². The number of nitrogens with one attached hydrogen (secondary N) is 1. The Morgan fingerprint density at radius 1 is 1.33 bits per heavy atom. The van der Waals surface area contributed by atoms with E-state index < -0.39 is 15.8 Å². The fourth-order valence-corrected chi connectivity index (χ4v) is 5.33. The molecule has 9 heteroatoms. The number of urea groups is 1. The summed E-state index contributed by atoms with van der Waals surface area (Å²) in [4.78, 5) is 31.0. The Hall–Kier alpha value is -3.17. The molecule has 154 valence electrons. The second-order valence-corrected chi connectivity index (χ2v) is 8.87. The minimum Gasteiger partial charge on any atom is -0.465 e. The lowest BCUT2D eigenvalue weighted by Crippen LogP contribution is -2.34. The molecule has 30 heavy (non-hydrogen) atoms. The molecule has 8 nitrogen and oxygen atoms in total. The molecule has 1 fully saturated rings. The molecule has 0 bridgehead atoms. The first-order valence-corrected chi connectivity index (χ1v) is 11.0. The van der Waals surface area contributed by atoms with Crippen LogP contribution in [0.4, 0.5) is 26.7 Å². The summed E-state index contributed by atoms with van der Waals surface area (Å²) in [5.74, 6) is 0.657. The molecule has 2 unspecified atom stereocenters. The maximum atomic E-state index is 13.0. The molecule has 2 atom stereocenters. The predicted molar refractivity (Wildman–Crippen MR) is 114 cm³/mol. The van der Waals surface area contributed by atoms with Crippen molar-refractivity contribution < 1.29 is 24.2 Å². The number of hydrogen-bond donors (Lipinski definition) is 2. The standard InChI is InChI=1S/C21H19N3O5S/c1-12-14(5-4-6-16(12)29-17-7-2-3-10-28-17)24-15-8-9-22-19-18(15)13(23-20(24)25)11-30(19)21(26)27/h4-6,8-9,11,17H,2-3,7,10H2,1H3,(H-,23,25,26,27)/p+1. The predicted octanol–water partition coefficient (Wildman–Crippen LogP) is 5.41. The molecule has 1 saturated heterocycles. The van der Waals surface area contributed by atoms with Crippen molar-refractivity contribution in [2.75, 3.05) is 16.8 Å². The van der Waals surface area contributed by atoms with Crippen LogP contribution in [0, 0.1) is 6.92 Å². The van der Waals surface area contributed by atoms with Crippen molar-refractivity contribution in [1.29, 1.82) is 0 Å². The minimum atomic E-state index is -1.19. The van der Waals surface area contributed by atoms with E-state index in [-0.39, 0.29) is 12.3 Å². The lowest BCUT2D eigenvalue weighted by atomic mass is 10.1. The van der Waals surface area contributed by atoms with Crippen LogP contribution in [0.1, 0.15) is 24.8 Å². The van der Waals surface area contributed by atoms with Gasteiger partial charge in [-0.15, -0.1) is 0 Å². The van der Waals surface area contributed by atoms with E-state index in [1.165, 1.54) is 0 Å². The molecule has 5 rings (SSSR count). The van der Waals surface area contributed by atoms with E-state index in [9.17, 15) is 14.7 Å². The first-order valence-electron chi connectivity index (χ1n) is 9.71. The van der Waals surface area contributed by atoms with Gasteiger partial charge in [-0.1, -0.05) is 6.07 Å². The van der Waals surface area contributed by atoms with Gasteiger partial charge in [0.25, 0.3) is 4.83 Å². The zero-order valence-corrected chi connectivity index (χ0v) is 17.1. The Balaban J connectivity index is 1.60. The number of aromatic nitrogens is 1. The van der Waals surface area contributed by atoms with Crippen molar-refractivity contribution in [3.63, 3.8) is 0 Å². The largest absolute Gasteiger partial charge is 0.554 e. The minimum absolute atomic E-state index is 0.292. The molecule has 0 radical (unpaired) electrons. The summed E-state index contributed by atoms with van der Waals surface area (Å²) in [6.45, 7) is 2.58. The summed E-state index contributed by atoms with van der Waals surface area (Å²) < 4.78 is 11.8. The summed E-state index contributed by atoms with van der Waals surface area (Å²) >= 11 is 0. The summed E-state index contributed by atoms with van der Waals surface area (Å²) in [6.07, 6.45) is 4.18. The van der Waals surface area contributed by atoms with Crippen molar-refractivity contribution >= 4 is 49.1 Å². The number of amides is 2. The lowest BCUT2D eigenvalue weighted by molar-refractivity contribution is -0.106. The molecule has 0 spiro atoms. The quantitative estimate of drug-likeness (QED) is 0.541. The molecule has 2 amide bonds. The monoisotopic (exact) mass is 426 g/mol. The third kappa shape index (κ3) is 2.98. The highest BCUT2D eigenvalue weighted by molar-refractivity contribution is 7.54. The van der Waals surface area contributed by atoms with Crippen LogP contribution in [-0.4, -0.2) is 34.3 Å². The summed E-state index contributed by atoms with van der Waals surface area (Å²) in [6, 6.07) is 6.93. The van der Waals surface area contributed by atoms with E-state index >= 15 is 0 Å². The normalized spacial score (nSPS) is 19.0. The Morgan fingerprint density at radius 2 is 2.20 bits per heavy atom. The molecule has 1 aromatic carbocycles. The zero-order valence-electron chi connectivity index (χ0n) is 16.3. The smallest absolute Gasteiger partial charge is 0.465 e. The number of nitrogens with zero attached hydrogens (tertiary/aromatic N) is 2. The molecule has 2 aromatic heterocycles. The average molecular weight is 426 g/mol. The molecular formula is C21H20N3O5S+. The van der Waals surface area contributed by atoms with Crippen LogP contribution in [0.3, 0.4) is 0 Å². The van der Waals surface area contributed by atoms with Gasteiger partial charge in [0.15, 0.2) is 11.7 Å². The SMILES string of the molecule is Cc1c(OC2CCCCO2)cccc1N1C(=O)Nc2c[s+](C(=O)O)c3nccc1c23. The number of carbonyl (C=O) groups excluding carboxylic acids is 1. The van der Waals surface area contributed by atoms with Crippen molar-refractivity contribution in [3.05, 3.63) is 41.4 Å². The van der Waals surface area contributed by atoms with E-state index in [4.69, 9.17) is 9.47 Å². The topological polar surface area (TPSA) is 101 Å². The number of rotatable bonds is 4. The number of carboxylic acid groups (broad SMARTS) is 1. The first-order chi connectivity index (χ1) is 14.5. The number of hydrogen-bond acceptors (Lipinski definition) is 5. The Kier molecular flexibility index (Phi) is 4.56. The summed E-state index contributed by atoms with van der Waals surface area (Å²) in [7, 11) is -1.19. The van der Waals surface area contributed by atoms with E-state index in [0.717, 1.165) is 24.8 Å². The van der Waals surface area contributed by atoms with Gasteiger partial charge in [-0.3, -0.25) is 4.90 Å². The molecule has 4 heterocycles. The number of ether oxygens (including phenoxy) is 2. The van der Waals surface area contributed by atoms with Gasteiger partial charge in [0.05, 0.1) is 18.0 Å². The van der Waals surface area contributed by atoms with E-state index in [2.05, 4.69) is 10.3 Å². The molecule has 2 aliphatic rings. The fraction of sp³-hybridized carbons (Fsp3) is 0.286. The second-order valence-electron chi connectivity index (χ2n) is 7.23. The number of pyridine rings is 1. The van der Waals surface area contributed by atoms with Gasteiger partial charge in [0.2, 0.25) is 0 Å². The van der Waals surface area contributed by atoms with Gasteiger partial charge in [0.1, 0.15) is 27.3 Å². The van der Waals surface area contributed by atoms with Crippen LogP contribution in [0.25, 0.3) is 10.2 Å². The van der Waals surface area contributed by atoms with Gasteiger partial charge in [-0.05, 0) is 38.0 Å². The number of carbonyl (C=O) groups is 2. The Morgan fingerprint density at radius 3 is 2.97 bits per heavy atom. The number of anilines is 3. The van der Waals surface area contributed by atoms with Crippen molar-refractivity contribution in [2.45, 2.75) is 32.5 Å². The molecule has 3 aromatic rings. The van der Waals surface area contributed by atoms with Gasteiger partial charge < -0.3 is 19.9 Å². The second kappa shape index (κ2) is 7.26. The van der Waals surface area contributed by atoms with Crippen molar-refractivity contribution in [2.24, 2.45) is 0 Å². The Labute approximate surface area is 175 Å². The summed E-state index contributed by atoms with van der Waals surface area (Å²) in [5, 5.41) is 13.6. The third-order valence-electron chi connectivity index (χ3n) is 5.37. The van der Waals surface area contributed by atoms with Crippen LogP contribution in [-0.2, 0) is 4.74 Å². The third-order valence-corrected chi connectivity index (χ3v) is 6.95. The van der Waals surface area contributed by atoms with Crippen LogP contribution in [0.5, 0.6) is 5.75 Å². The van der Waals surface area contributed by atoms with Gasteiger partial charge in [-0.2, -0.15) is 4.79 Å². The highest BCUT2D eigenvalue weighted by Crippen LogP contribution is 2.47. The lowest BCUT2D eigenvalue weighted by Gasteiger charge is -2.30. The average Bonchev–Trinajstić information content (AvgIpc) is 3.11. The highest BCUT2D eigenvalue weighted by atomic mass is 32.2. The van der Waals surface area contributed by atoms with E-state index in [1.807, 2.05) is 25.1 Å². The molecule has 2 aliphatic heterocycles. The van der Waals surface area contributed by atoms with Gasteiger partial charge in [-0.25, -0.2) is 9.78 Å². The van der Waals surface area contributed by atoms with E-state index in [1.54, 1.807) is 22.5 Å². The molecule has 0 saturated carbocycles. The number of thiophene rings is 1. The highest BCUT2D eigenvalue weighted by Gasteiger charge is 2.37. The maximum absolute atomic E-state index is 13.0. The molecule has 0 aliphatic carbocycles. The van der Waals surface area contributed by atoms with Crippen LogP contribution < -0.4 is 15.0 Å². The van der Waals surface area contributed by atoms with Crippen LogP contribution in [0.15, 0.2) is 35.8 Å².